The van der Waals surface area contributed by atoms with Crippen molar-refractivity contribution in [1.82, 2.24) is 0 Å². The first-order chi connectivity index (χ1) is 4.34. The molecule has 1 aliphatic rings. The van der Waals surface area contributed by atoms with E-state index in [0.29, 0.717) is 13.2 Å². The van der Waals surface area contributed by atoms with Gasteiger partial charge in [0.1, 0.15) is 6.10 Å². The second kappa shape index (κ2) is 2.81. The van der Waals surface area contributed by atoms with Crippen LogP contribution in [0.15, 0.2) is 0 Å². The van der Waals surface area contributed by atoms with Crippen LogP contribution in [0.2, 0.25) is 0 Å². The first-order valence-corrected chi connectivity index (χ1v) is 3.00. The monoisotopic (exact) mass is 127 g/mol. The molecule has 2 unspecified atom stereocenters. The fourth-order valence-electron chi connectivity index (χ4n) is 0.907. The van der Waals surface area contributed by atoms with Crippen LogP contribution >= 0.6 is 0 Å². The Morgan fingerprint density at radius 1 is 1.78 bits per heavy atom. The molecule has 1 rings (SSSR count). The molecule has 0 aliphatic carbocycles. The van der Waals surface area contributed by atoms with Crippen LogP contribution in [-0.2, 0) is 4.74 Å². The van der Waals surface area contributed by atoms with Crippen molar-refractivity contribution in [2.24, 2.45) is 5.92 Å². The Bertz CT molecular complexity index is 124. The summed E-state index contributed by atoms with van der Waals surface area (Å²) in [5.41, 5.74) is 0. The zero-order valence-corrected chi connectivity index (χ0v) is 5.08. The molecule has 0 saturated carbocycles. The molecule has 1 aliphatic heterocycles. The Morgan fingerprint density at radius 2 is 2.56 bits per heavy atom. The quantitative estimate of drug-likeness (QED) is 0.501. The van der Waals surface area contributed by atoms with Crippen LogP contribution in [0.25, 0.3) is 0 Å². The Hall–Kier alpha value is -0.590. The van der Waals surface area contributed by atoms with Gasteiger partial charge in [0.2, 0.25) is 0 Å². The fraction of sp³-hybridized carbons (Fsp3) is 0.833. The smallest absolute Gasteiger partial charge is 0.145 e. The normalized spacial score (nSPS) is 29.6. The van der Waals surface area contributed by atoms with Gasteiger partial charge in [0, 0.05) is 12.5 Å². The maximum Gasteiger partial charge on any atom is 0.145 e. The molecule has 0 aromatic rings. The molecular formula is C6H9NO2. The number of hydrogen-bond acceptors (Lipinski definition) is 3. The SMILES string of the molecule is N#CC(O)C1CCOC1. The van der Waals surface area contributed by atoms with Crippen molar-refractivity contribution >= 4 is 0 Å². The van der Waals surface area contributed by atoms with Gasteiger partial charge in [0.15, 0.2) is 0 Å². The van der Waals surface area contributed by atoms with Gasteiger partial charge >= 0.3 is 0 Å². The van der Waals surface area contributed by atoms with Crippen LogP contribution < -0.4 is 0 Å². The Kier molecular flexibility index (Phi) is 2.04. The highest BCUT2D eigenvalue weighted by Crippen LogP contribution is 2.15. The number of aliphatic hydroxyl groups excluding tert-OH is 1. The van der Waals surface area contributed by atoms with Gasteiger partial charge in [-0.15, -0.1) is 0 Å². The summed E-state index contributed by atoms with van der Waals surface area (Å²) in [4.78, 5) is 0. The van der Waals surface area contributed by atoms with Crippen molar-refractivity contribution in [3.05, 3.63) is 0 Å². The van der Waals surface area contributed by atoms with E-state index in [9.17, 15) is 0 Å². The van der Waals surface area contributed by atoms with Crippen LogP contribution in [0.5, 0.6) is 0 Å². The van der Waals surface area contributed by atoms with Gasteiger partial charge < -0.3 is 9.84 Å². The van der Waals surface area contributed by atoms with E-state index in [1.165, 1.54) is 0 Å². The zero-order valence-electron chi connectivity index (χ0n) is 5.08. The van der Waals surface area contributed by atoms with Crippen LogP contribution in [0.3, 0.4) is 0 Å². The molecular weight excluding hydrogens is 118 g/mol. The van der Waals surface area contributed by atoms with Gasteiger partial charge in [-0.2, -0.15) is 5.26 Å². The summed E-state index contributed by atoms with van der Waals surface area (Å²) in [5.74, 6) is 0.0509. The molecule has 0 aromatic heterocycles. The van der Waals surface area contributed by atoms with E-state index in [4.69, 9.17) is 15.1 Å². The molecule has 0 spiro atoms. The lowest BCUT2D eigenvalue weighted by Gasteiger charge is -2.05. The van der Waals surface area contributed by atoms with Gasteiger partial charge in [-0.05, 0) is 6.42 Å². The predicted octanol–water partition coefficient (Wildman–Crippen LogP) is -0.0926. The largest absolute Gasteiger partial charge is 0.381 e. The van der Waals surface area contributed by atoms with E-state index in [0.717, 1.165) is 6.42 Å². The van der Waals surface area contributed by atoms with E-state index < -0.39 is 6.10 Å². The standard InChI is InChI=1S/C6H9NO2/c7-3-6(8)5-1-2-9-4-5/h5-6,8H,1-2,4H2. The van der Waals surface area contributed by atoms with E-state index in [-0.39, 0.29) is 5.92 Å². The van der Waals surface area contributed by atoms with Gasteiger partial charge in [-0.1, -0.05) is 0 Å². The number of aliphatic hydroxyl groups is 1. The molecule has 0 radical (unpaired) electrons. The Labute approximate surface area is 53.9 Å². The molecule has 50 valence electrons. The van der Waals surface area contributed by atoms with Crippen molar-refractivity contribution in [3.63, 3.8) is 0 Å². The van der Waals surface area contributed by atoms with Crippen molar-refractivity contribution in [1.29, 1.82) is 5.26 Å². The lowest BCUT2D eigenvalue weighted by atomic mass is 10.0. The molecule has 3 nitrogen and oxygen atoms in total. The highest BCUT2D eigenvalue weighted by Gasteiger charge is 2.22. The number of hydrogen-bond donors (Lipinski definition) is 1. The Balaban J connectivity index is 2.34. The minimum Gasteiger partial charge on any atom is -0.381 e. The van der Waals surface area contributed by atoms with Crippen LogP contribution in [0, 0.1) is 17.2 Å². The first kappa shape index (κ1) is 6.53. The molecule has 3 heteroatoms. The maximum absolute atomic E-state index is 8.92. The number of ether oxygens (including phenoxy) is 1. The lowest BCUT2D eigenvalue weighted by molar-refractivity contribution is 0.128. The third-order valence-electron chi connectivity index (χ3n) is 1.54. The average molecular weight is 127 g/mol. The summed E-state index contributed by atoms with van der Waals surface area (Å²) in [6.45, 7) is 1.22. The predicted molar refractivity (Wildman–Crippen MR) is 30.5 cm³/mol. The summed E-state index contributed by atoms with van der Waals surface area (Å²) < 4.78 is 4.97. The summed E-state index contributed by atoms with van der Waals surface area (Å²) in [7, 11) is 0. The molecule has 2 atom stereocenters. The molecule has 0 bridgehead atoms. The van der Waals surface area contributed by atoms with Gasteiger partial charge in [0.05, 0.1) is 12.7 Å². The highest BCUT2D eigenvalue weighted by atomic mass is 16.5. The first-order valence-electron chi connectivity index (χ1n) is 3.00. The summed E-state index contributed by atoms with van der Waals surface area (Å²) in [5, 5.41) is 17.2. The molecule has 0 aromatic carbocycles. The van der Waals surface area contributed by atoms with Crippen molar-refractivity contribution in [3.8, 4) is 6.07 Å². The minimum absolute atomic E-state index is 0.0509. The van der Waals surface area contributed by atoms with Crippen molar-refractivity contribution < 1.29 is 9.84 Å². The molecule has 1 fully saturated rings. The third-order valence-corrected chi connectivity index (χ3v) is 1.54. The minimum atomic E-state index is -0.826. The average Bonchev–Trinajstić information content (AvgIpc) is 2.37. The maximum atomic E-state index is 8.92. The van der Waals surface area contributed by atoms with Gasteiger partial charge in [-0.25, -0.2) is 0 Å². The second-order valence-corrected chi connectivity index (χ2v) is 2.20. The van der Waals surface area contributed by atoms with E-state index in [1.807, 2.05) is 0 Å². The Morgan fingerprint density at radius 3 is 3.00 bits per heavy atom. The lowest BCUT2D eigenvalue weighted by Crippen LogP contribution is -2.17. The molecule has 1 heterocycles. The summed E-state index contributed by atoms with van der Waals surface area (Å²) in [6.07, 6.45) is -0.0122. The van der Waals surface area contributed by atoms with Crippen LogP contribution in [-0.4, -0.2) is 24.4 Å². The molecule has 1 N–H and O–H groups in total. The second-order valence-electron chi connectivity index (χ2n) is 2.20. The van der Waals surface area contributed by atoms with Gasteiger partial charge in [0.25, 0.3) is 0 Å². The number of nitrogens with zero attached hydrogens (tertiary/aromatic N) is 1. The van der Waals surface area contributed by atoms with Crippen LogP contribution in [0.1, 0.15) is 6.42 Å². The topological polar surface area (TPSA) is 53.2 Å². The third kappa shape index (κ3) is 1.41. The van der Waals surface area contributed by atoms with Crippen molar-refractivity contribution in [2.75, 3.05) is 13.2 Å². The molecule has 9 heavy (non-hydrogen) atoms. The number of nitriles is 1. The van der Waals surface area contributed by atoms with E-state index in [2.05, 4.69) is 0 Å². The number of rotatable bonds is 1. The van der Waals surface area contributed by atoms with Crippen molar-refractivity contribution in [2.45, 2.75) is 12.5 Å². The summed E-state index contributed by atoms with van der Waals surface area (Å²) >= 11 is 0. The van der Waals surface area contributed by atoms with E-state index >= 15 is 0 Å². The fourth-order valence-corrected chi connectivity index (χ4v) is 0.907. The highest BCUT2D eigenvalue weighted by molar-refractivity contribution is 4.89. The molecule has 0 amide bonds. The van der Waals surface area contributed by atoms with E-state index in [1.54, 1.807) is 6.07 Å². The summed E-state index contributed by atoms with van der Waals surface area (Å²) in [6, 6.07) is 1.78. The van der Waals surface area contributed by atoms with Crippen LogP contribution in [0.4, 0.5) is 0 Å². The molecule has 1 saturated heterocycles. The van der Waals surface area contributed by atoms with Gasteiger partial charge in [-0.3, -0.25) is 0 Å². The zero-order chi connectivity index (χ0) is 6.69.